The van der Waals surface area contributed by atoms with Crippen LogP contribution in [0.1, 0.15) is 74.0 Å². The Labute approximate surface area is 152 Å². The lowest BCUT2D eigenvalue weighted by atomic mass is 9.89. The van der Waals surface area contributed by atoms with E-state index in [1.54, 1.807) is 6.07 Å². The number of H-pyrrole nitrogens is 1. The molecule has 0 atom stereocenters. The molecule has 1 aliphatic rings. The summed E-state index contributed by atoms with van der Waals surface area (Å²) in [6, 6.07) is 5.55. The molecule has 0 unspecified atom stereocenters. The second-order valence-electron chi connectivity index (χ2n) is 7.17. The lowest BCUT2D eigenvalue weighted by molar-refractivity contribution is -0.140. The number of benzene rings is 1. The highest BCUT2D eigenvalue weighted by Crippen LogP contribution is 2.40. The van der Waals surface area contributed by atoms with Crippen LogP contribution in [-0.2, 0) is 6.18 Å². The van der Waals surface area contributed by atoms with Gasteiger partial charge in [-0.2, -0.15) is 13.2 Å². The van der Waals surface area contributed by atoms with Gasteiger partial charge < -0.3 is 4.98 Å². The molecule has 0 aliphatic heterocycles. The number of hydrogen-bond acceptors (Lipinski definition) is 1. The molecule has 3 rings (SSSR count). The van der Waals surface area contributed by atoms with Gasteiger partial charge in [-0.05, 0) is 49.0 Å². The Morgan fingerprint density at radius 1 is 1.23 bits per heavy atom. The summed E-state index contributed by atoms with van der Waals surface area (Å²) in [5.74, 6) is 0.568. The number of halogens is 3. The maximum Gasteiger partial charge on any atom is 0.433 e. The van der Waals surface area contributed by atoms with E-state index in [0.717, 1.165) is 55.2 Å². The van der Waals surface area contributed by atoms with Crippen molar-refractivity contribution in [3.63, 3.8) is 0 Å². The van der Waals surface area contributed by atoms with Crippen molar-refractivity contribution in [2.45, 2.75) is 64.5 Å². The Morgan fingerprint density at radius 2 is 1.92 bits per heavy atom. The maximum atomic E-state index is 13.7. The zero-order chi connectivity index (χ0) is 18.9. The predicted molar refractivity (Wildman–Crippen MR) is 98.9 cm³/mol. The highest BCUT2D eigenvalue weighted by Gasteiger charge is 2.38. The van der Waals surface area contributed by atoms with Crippen LogP contribution in [0.15, 0.2) is 24.8 Å². The van der Waals surface area contributed by atoms with Gasteiger partial charge in [0.2, 0.25) is 0 Å². The van der Waals surface area contributed by atoms with E-state index in [2.05, 4.69) is 16.5 Å². The molecule has 140 valence electrons. The van der Waals surface area contributed by atoms with E-state index in [1.807, 2.05) is 26.0 Å². The minimum absolute atomic E-state index is 0.0151. The van der Waals surface area contributed by atoms with E-state index in [4.69, 9.17) is 0 Å². The predicted octanol–water partition coefficient (Wildman–Crippen LogP) is 6.87. The van der Waals surface area contributed by atoms with Crippen molar-refractivity contribution in [2.75, 3.05) is 0 Å². The van der Waals surface area contributed by atoms with Crippen LogP contribution in [0, 0.1) is 6.92 Å². The van der Waals surface area contributed by atoms with Crippen molar-refractivity contribution in [3.8, 4) is 11.3 Å². The second-order valence-corrected chi connectivity index (χ2v) is 7.17. The average molecular weight is 362 g/mol. The Bertz CT molecular complexity index is 796. The van der Waals surface area contributed by atoms with E-state index >= 15 is 0 Å². The summed E-state index contributed by atoms with van der Waals surface area (Å²) in [4.78, 5) is 7.07. The van der Waals surface area contributed by atoms with Crippen molar-refractivity contribution < 1.29 is 13.2 Å². The molecule has 2 nitrogen and oxygen atoms in total. The third-order valence-corrected chi connectivity index (χ3v) is 5.33. The third-order valence-electron chi connectivity index (χ3n) is 5.33. The third kappa shape index (κ3) is 3.71. The Morgan fingerprint density at radius 3 is 2.54 bits per heavy atom. The molecule has 1 N–H and O–H groups in total. The quantitative estimate of drug-likeness (QED) is 0.631. The van der Waals surface area contributed by atoms with Gasteiger partial charge in [0, 0.05) is 11.5 Å². The van der Waals surface area contributed by atoms with Gasteiger partial charge in [0.05, 0.1) is 0 Å². The van der Waals surface area contributed by atoms with Crippen LogP contribution in [0.25, 0.3) is 16.8 Å². The summed E-state index contributed by atoms with van der Waals surface area (Å²) in [7, 11) is 0. The van der Waals surface area contributed by atoms with Crippen molar-refractivity contribution >= 4 is 5.57 Å². The van der Waals surface area contributed by atoms with Gasteiger partial charge in [-0.15, -0.1) is 0 Å². The van der Waals surface area contributed by atoms with E-state index < -0.39 is 11.9 Å². The van der Waals surface area contributed by atoms with Gasteiger partial charge in [0.1, 0.15) is 17.2 Å². The number of allylic oxidation sites excluding steroid dienone is 1. The van der Waals surface area contributed by atoms with Crippen LogP contribution in [-0.4, -0.2) is 9.97 Å². The van der Waals surface area contributed by atoms with Crippen molar-refractivity contribution in [2.24, 2.45) is 0 Å². The zero-order valence-corrected chi connectivity index (χ0v) is 15.3. The molecule has 5 heteroatoms. The molecule has 1 aromatic carbocycles. The van der Waals surface area contributed by atoms with Crippen LogP contribution >= 0.6 is 0 Å². The minimum atomic E-state index is -4.46. The molecule has 0 amide bonds. The fraction of sp³-hybridized carbons (Fsp3) is 0.476. The van der Waals surface area contributed by atoms with Crippen LogP contribution in [0.5, 0.6) is 0 Å². The number of alkyl halides is 3. The highest BCUT2D eigenvalue weighted by atomic mass is 19.4. The minimum Gasteiger partial charge on any atom is -0.338 e. The van der Waals surface area contributed by atoms with E-state index in [-0.39, 0.29) is 11.6 Å². The number of aromatic nitrogens is 2. The summed E-state index contributed by atoms with van der Waals surface area (Å²) >= 11 is 0. The van der Waals surface area contributed by atoms with Gasteiger partial charge in [0.15, 0.2) is 0 Å². The van der Waals surface area contributed by atoms with Gasteiger partial charge in [-0.1, -0.05) is 44.9 Å². The summed E-state index contributed by atoms with van der Waals surface area (Å²) in [6.07, 6.45) is 1.34. The van der Waals surface area contributed by atoms with Gasteiger partial charge in [-0.3, -0.25) is 0 Å². The molecule has 1 heterocycles. The fourth-order valence-corrected chi connectivity index (χ4v) is 3.66. The number of aryl methyl sites for hydroxylation is 1. The topological polar surface area (TPSA) is 28.7 Å². The molecule has 1 aliphatic carbocycles. The molecular formula is C21H25F3N2. The first-order valence-corrected chi connectivity index (χ1v) is 9.27. The molecule has 1 fully saturated rings. The number of imidazole rings is 1. The molecule has 0 bridgehead atoms. The monoisotopic (exact) mass is 362 g/mol. The summed E-state index contributed by atoms with van der Waals surface area (Å²) in [6.45, 7) is 7.81. The van der Waals surface area contributed by atoms with Crippen LogP contribution in [0.2, 0.25) is 0 Å². The molecule has 26 heavy (non-hydrogen) atoms. The standard InChI is InChI=1S/C21H25F3N2/c1-4-13(2)16-11-10-14(3)17(12-16)18-19(21(22,23)24)26-20(25-18)15-8-6-5-7-9-15/h10-12,15H,2,4-9H2,1,3H3,(H,25,26). The Hall–Kier alpha value is -2.04. The SMILES string of the molecule is C=C(CC)c1ccc(C)c(-c2nc(C3CCCCC3)[nH]c2C(F)(F)F)c1. The van der Waals surface area contributed by atoms with E-state index in [1.165, 1.54) is 0 Å². The summed E-state index contributed by atoms with van der Waals surface area (Å²) in [5, 5.41) is 0. The summed E-state index contributed by atoms with van der Waals surface area (Å²) < 4.78 is 41.0. The number of rotatable bonds is 4. The first-order valence-electron chi connectivity index (χ1n) is 9.27. The number of nitrogens with zero attached hydrogens (tertiary/aromatic N) is 1. The lowest BCUT2D eigenvalue weighted by Gasteiger charge is -2.19. The van der Waals surface area contributed by atoms with Crippen LogP contribution < -0.4 is 0 Å². The Balaban J connectivity index is 2.11. The fourth-order valence-electron chi connectivity index (χ4n) is 3.66. The molecule has 2 aromatic rings. The van der Waals surface area contributed by atoms with Crippen LogP contribution in [0.4, 0.5) is 13.2 Å². The van der Waals surface area contributed by atoms with Crippen molar-refractivity contribution in [1.82, 2.24) is 9.97 Å². The molecule has 1 saturated carbocycles. The number of nitrogens with one attached hydrogen (secondary N) is 1. The van der Waals surface area contributed by atoms with E-state index in [9.17, 15) is 13.2 Å². The number of aromatic amines is 1. The maximum absolute atomic E-state index is 13.7. The molecular weight excluding hydrogens is 337 g/mol. The van der Waals surface area contributed by atoms with Crippen molar-refractivity contribution in [1.29, 1.82) is 0 Å². The highest BCUT2D eigenvalue weighted by molar-refractivity contribution is 5.73. The van der Waals surface area contributed by atoms with Gasteiger partial charge in [-0.25, -0.2) is 4.98 Å². The zero-order valence-electron chi connectivity index (χ0n) is 15.3. The lowest BCUT2D eigenvalue weighted by Crippen LogP contribution is -2.09. The van der Waals surface area contributed by atoms with E-state index in [0.29, 0.717) is 11.4 Å². The molecule has 1 aromatic heterocycles. The second kappa shape index (κ2) is 7.29. The largest absolute Gasteiger partial charge is 0.433 e. The number of hydrogen-bond donors (Lipinski definition) is 1. The first-order chi connectivity index (χ1) is 12.3. The molecule has 0 spiro atoms. The average Bonchev–Trinajstić information content (AvgIpc) is 3.08. The molecule has 0 radical (unpaired) electrons. The van der Waals surface area contributed by atoms with Gasteiger partial charge in [0.25, 0.3) is 0 Å². The van der Waals surface area contributed by atoms with Crippen molar-refractivity contribution in [3.05, 3.63) is 47.4 Å². The molecule has 0 saturated heterocycles. The normalized spacial score (nSPS) is 16.0. The first kappa shape index (κ1) is 18.7. The van der Waals surface area contributed by atoms with Crippen LogP contribution in [0.3, 0.4) is 0 Å². The smallest absolute Gasteiger partial charge is 0.338 e. The summed E-state index contributed by atoms with van der Waals surface area (Å²) in [5.41, 5.74) is 2.36. The Kier molecular flexibility index (Phi) is 5.26. The van der Waals surface area contributed by atoms with Gasteiger partial charge >= 0.3 is 6.18 Å².